The zero-order valence-electron chi connectivity index (χ0n) is 12.4. The predicted molar refractivity (Wildman–Crippen MR) is 79.7 cm³/mol. The molecule has 23 heavy (non-hydrogen) atoms. The summed E-state index contributed by atoms with van der Waals surface area (Å²) in [6, 6.07) is 8.46. The van der Waals surface area contributed by atoms with E-state index in [9.17, 15) is 18.4 Å². The van der Waals surface area contributed by atoms with Gasteiger partial charge in [0.05, 0.1) is 7.11 Å². The van der Waals surface area contributed by atoms with Gasteiger partial charge in [-0.15, -0.1) is 0 Å². The molecular formula is C17H15F2NO3. The molecule has 4 nitrogen and oxygen atoms in total. The van der Waals surface area contributed by atoms with Gasteiger partial charge in [-0.2, -0.15) is 0 Å². The number of alkyl halides is 2. The van der Waals surface area contributed by atoms with Gasteiger partial charge in [0.2, 0.25) is 5.41 Å². The monoisotopic (exact) mass is 319 g/mol. The molecule has 0 N–H and O–H groups in total. The number of carbonyl (C=O) groups excluding carboxylic acids is 2. The topological polar surface area (TPSA) is 46.6 Å². The highest BCUT2D eigenvalue weighted by molar-refractivity contribution is 6.15. The number of anilines is 1. The third kappa shape index (κ3) is 2.01. The van der Waals surface area contributed by atoms with Gasteiger partial charge in [0, 0.05) is 17.3 Å². The van der Waals surface area contributed by atoms with E-state index in [-0.39, 0.29) is 6.42 Å². The summed E-state index contributed by atoms with van der Waals surface area (Å²) in [5, 5.41) is 0. The molecule has 0 bridgehead atoms. The van der Waals surface area contributed by atoms with Gasteiger partial charge >= 0.3 is 5.97 Å². The highest BCUT2D eigenvalue weighted by atomic mass is 19.3. The number of para-hydroxylation sites is 1. The summed E-state index contributed by atoms with van der Waals surface area (Å²) >= 11 is 0. The Hall–Kier alpha value is -2.50. The first-order chi connectivity index (χ1) is 11.0. The Morgan fingerprint density at radius 3 is 2.65 bits per heavy atom. The summed E-state index contributed by atoms with van der Waals surface area (Å²) in [7, 11) is 1.02. The number of fused-ring (bicyclic) bond motifs is 1. The normalized spacial score (nSPS) is 26.3. The van der Waals surface area contributed by atoms with Crippen molar-refractivity contribution < 1.29 is 23.1 Å². The lowest BCUT2D eigenvalue weighted by molar-refractivity contribution is -0.170. The Labute approximate surface area is 132 Å². The standard InChI is InChI=1S/C17H15F2NO3/c1-23-16(22)17(14(18)19)12-9-5-6-10-13(12)20(15(17)21)11-7-3-2-4-8-11/h2-8,10,12,14H,9H2,1H3. The first-order valence-electron chi connectivity index (χ1n) is 7.18. The zero-order valence-corrected chi connectivity index (χ0v) is 12.4. The molecule has 3 rings (SSSR count). The lowest BCUT2D eigenvalue weighted by Gasteiger charge is -2.28. The lowest BCUT2D eigenvalue weighted by atomic mass is 9.73. The van der Waals surface area contributed by atoms with Crippen LogP contribution >= 0.6 is 0 Å². The second kappa shape index (κ2) is 5.61. The highest BCUT2D eigenvalue weighted by Gasteiger charge is 2.68. The number of hydrogen-bond acceptors (Lipinski definition) is 3. The van der Waals surface area contributed by atoms with Crippen molar-refractivity contribution in [2.45, 2.75) is 12.8 Å². The molecule has 0 saturated carbocycles. The Morgan fingerprint density at radius 1 is 1.35 bits per heavy atom. The van der Waals surface area contributed by atoms with Crippen molar-refractivity contribution in [2.24, 2.45) is 11.3 Å². The van der Waals surface area contributed by atoms with Gasteiger partial charge in [-0.25, -0.2) is 8.78 Å². The molecule has 0 spiro atoms. The number of hydrogen-bond donors (Lipinski definition) is 0. The third-order valence-electron chi connectivity index (χ3n) is 4.38. The number of amides is 1. The number of carbonyl (C=O) groups is 2. The van der Waals surface area contributed by atoms with Crippen LogP contribution in [-0.4, -0.2) is 25.4 Å². The lowest BCUT2D eigenvalue weighted by Crippen LogP contribution is -2.50. The van der Waals surface area contributed by atoms with E-state index in [1.807, 2.05) is 0 Å². The van der Waals surface area contributed by atoms with E-state index in [1.165, 1.54) is 4.90 Å². The Morgan fingerprint density at radius 2 is 2.04 bits per heavy atom. The fourth-order valence-corrected chi connectivity index (χ4v) is 3.30. The average Bonchev–Trinajstić information content (AvgIpc) is 2.84. The smallest absolute Gasteiger partial charge is 0.328 e. The molecule has 1 heterocycles. The van der Waals surface area contributed by atoms with E-state index in [4.69, 9.17) is 0 Å². The number of esters is 1. The van der Waals surface area contributed by atoms with E-state index in [1.54, 1.807) is 48.6 Å². The molecule has 120 valence electrons. The molecular weight excluding hydrogens is 304 g/mol. The van der Waals surface area contributed by atoms with Crippen LogP contribution in [0.5, 0.6) is 0 Å². The van der Waals surface area contributed by atoms with Gasteiger partial charge in [0.15, 0.2) is 0 Å². The number of allylic oxidation sites excluding steroid dienone is 4. The SMILES string of the molecule is COC(=O)C1(C(F)F)C(=O)N(c2ccccc2)C2=CC=CCC21. The molecule has 1 saturated heterocycles. The number of nitrogens with zero attached hydrogens (tertiary/aromatic N) is 1. The summed E-state index contributed by atoms with van der Waals surface area (Å²) in [6.45, 7) is 0. The van der Waals surface area contributed by atoms with E-state index in [0.717, 1.165) is 7.11 Å². The number of benzene rings is 1. The highest BCUT2D eigenvalue weighted by Crippen LogP contribution is 2.53. The number of rotatable bonds is 3. The first kappa shape index (κ1) is 15.4. The van der Waals surface area contributed by atoms with Crippen LogP contribution in [0.15, 0.2) is 54.3 Å². The molecule has 0 radical (unpaired) electrons. The molecule has 2 unspecified atom stereocenters. The third-order valence-corrected chi connectivity index (χ3v) is 4.38. The summed E-state index contributed by atoms with van der Waals surface area (Å²) in [5.74, 6) is -3.07. The minimum absolute atomic E-state index is 0.181. The van der Waals surface area contributed by atoms with Crippen molar-refractivity contribution in [3.05, 3.63) is 54.3 Å². The average molecular weight is 319 g/mol. The Kier molecular flexibility index (Phi) is 3.75. The van der Waals surface area contributed by atoms with E-state index < -0.39 is 29.6 Å². The molecule has 1 amide bonds. The van der Waals surface area contributed by atoms with Crippen LogP contribution in [0, 0.1) is 11.3 Å². The van der Waals surface area contributed by atoms with Gasteiger partial charge < -0.3 is 4.74 Å². The second-order valence-corrected chi connectivity index (χ2v) is 5.45. The van der Waals surface area contributed by atoms with Crippen molar-refractivity contribution in [1.29, 1.82) is 0 Å². The van der Waals surface area contributed by atoms with Crippen molar-refractivity contribution in [1.82, 2.24) is 0 Å². The van der Waals surface area contributed by atoms with Crippen LogP contribution in [0.25, 0.3) is 0 Å². The largest absolute Gasteiger partial charge is 0.468 e. The molecule has 0 aromatic heterocycles. The first-order valence-corrected chi connectivity index (χ1v) is 7.18. The molecule has 1 aromatic rings. The fraction of sp³-hybridized carbons (Fsp3) is 0.294. The molecule has 1 aliphatic heterocycles. The maximum Gasteiger partial charge on any atom is 0.328 e. The fourth-order valence-electron chi connectivity index (χ4n) is 3.30. The summed E-state index contributed by atoms with van der Waals surface area (Å²) in [6.07, 6.45) is 2.01. The summed E-state index contributed by atoms with van der Waals surface area (Å²) in [5.41, 5.74) is -1.65. The van der Waals surface area contributed by atoms with Gasteiger partial charge in [-0.1, -0.05) is 30.4 Å². The van der Waals surface area contributed by atoms with E-state index in [2.05, 4.69) is 4.74 Å². The number of halogens is 2. The number of ether oxygens (including phenoxy) is 1. The summed E-state index contributed by atoms with van der Waals surface area (Å²) < 4.78 is 32.5. The molecule has 2 aliphatic rings. The minimum atomic E-state index is -3.16. The van der Waals surface area contributed by atoms with Crippen molar-refractivity contribution in [3.8, 4) is 0 Å². The molecule has 2 atom stereocenters. The van der Waals surface area contributed by atoms with Crippen LogP contribution in [0.3, 0.4) is 0 Å². The van der Waals surface area contributed by atoms with Gasteiger partial charge in [0.1, 0.15) is 0 Å². The molecule has 1 aliphatic carbocycles. The van der Waals surface area contributed by atoms with Crippen LogP contribution in [0.2, 0.25) is 0 Å². The van der Waals surface area contributed by atoms with E-state index >= 15 is 0 Å². The summed E-state index contributed by atoms with van der Waals surface area (Å²) in [4.78, 5) is 26.3. The maximum absolute atomic E-state index is 13.9. The van der Waals surface area contributed by atoms with Crippen LogP contribution in [0.1, 0.15) is 6.42 Å². The van der Waals surface area contributed by atoms with Crippen molar-refractivity contribution in [3.63, 3.8) is 0 Å². The second-order valence-electron chi connectivity index (χ2n) is 5.45. The van der Waals surface area contributed by atoms with Crippen LogP contribution in [-0.2, 0) is 14.3 Å². The quantitative estimate of drug-likeness (QED) is 0.636. The van der Waals surface area contributed by atoms with Gasteiger partial charge in [-0.05, 0) is 24.6 Å². The van der Waals surface area contributed by atoms with Crippen LogP contribution in [0.4, 0.5) is 14.5 Å². The van der Waals surface area contributed by atoms with Crippen molar-refractivity contribution >= 4 is 17.6 Å². The molecule has 1 fully saturated rings. The number of methoxy groups -OCH3 is 1. The predicted octanol–water partition coefficient (Wildman–Crippen LogP) is 2.92. The van der Waals surface area contributed by atoms with Gasteiger partial charge in [-0.3, -0.25) is 14.5 Å². The maximum atomic E-state index is 13.9. The van der Waals surface area contributed by atoms with Gasteiger partial charge in [0.25, 0.3) is 12.3 Å². The van der Waals surface area contributed by atoms with Crippen LogP contribution < -0.4 is 4.90 Å². The molecule has 6 heteroatoms. The minimum Gasteiger partial charge on any atom is -0.468 e. The Bertz CT molecular complexity index is 699. The zero-order chi connectivity index (χ0) is 16.6. The van der Waals surface area contributed by atoms with E-state index in [0.29, 0.717) is 11.4 Å². The van der Waals surface area contributed by atoms with Crippen molar-refractivity contribution in [2.75, 3.05) is 12.0 Å². The Balaban J connectivity index is 2.21. The molecule has 1 aromatic carbocycles.